The van der Waals surface area contributed by atoms with Crippen molar-refractivity contribution in [2.75, 3.05) is 0 Å². The van der Waals surface area contributed by atoms with Crippen molar-refractivity contribution in [3.63, 3.8) is 0 Å². The van der Waals surface area contributed by atoms with Crippen LogP contribution in [0.4, 0.5) is 0 Å². The van der Waals surface area contributed by atoms with E-state index < -0.39 is 17.4 Å². The van der Waals surface area contributed by atoms with Crippen molar-refractivity contribution < 1.29 is 14.7 Å². The Labute approximate surface area is 91.1 Å². The second kappa shape index (κ2) is 5.14. The fraction of sp³-hybridized carbons (Fsp3) is 0.818. The number of amides is 1. The predicted octanol–water partition coefficient (Wildman–Crippen LogP) is 1.65. The average Bonchev–Trinajstić information content (AvgIpc) is 1.99. The Morgan fingerprint density at radius 2 is 1.73 bits per heavy atom. The Kier molecular flexibility index (Phi) is 4.78. The maximum absolute atomic E-state index is 11.6. The van der Waals surface area contributed by atoms with Gasteiger partial charge in [0, 0.05) is 5.41 Å². The molecule has 0 aliphatic carbocycles. The van der Waals surface area contributed by atoms with E-state index in [1.165, 1.54) is 0 Å². The number of carboxylic acid groups (broad SMARTS) is 1. The van der Waals surface area contributed by atoms with E-state index in [-0.39, 0.29) is 11.8 Å². The summed E-state index contributed by atoms with van der Waals surface area (Å²) in [5.74, 6) is -0.955. The van der Waals surface area contributed by atoms with Crippen LogP contribution in [-0.2, 0) is 9.59 Å². The quantitative estimate of drug-likeness (QED) is 0.749. The number of carbonyl (C=O) groups is 2. The van der Waals surface area contributed by atoms with Crippen molar-refractivity contribution in [2.24, 2.45) is 11.3 Å². The third-order valence-electron chi connectivity index (χ3n) is 1.99. The fourth-order valence-electron chi connectivity index (χ4n) is 1.07. The van der Waals surface area contributed by atoms with Gasteiger partial charge >= 0.3 is 5.97 Å². The molecule has 2 N–H and O–H groups in total. The van der Waals surface area contributed by atoms with Crippen LogP contribution in [0.3, 0.4) is 0 Å². The van der Waals surface area contributed by atoms with Crippen molar-refractivity contribution in [3.8, 4) is 0 Å². The summed E-state index contributed by atoms with van der Waals surface area (Å²) < 4.78 is 0. The van der Waals surface area contributed by atoms with Crippen LogP contribution in [0.1, 0.15) is 41.0 Å². The molecule has 0 aliphatic rings. The van der Waals surface area contributed by atoms with Crippen LogP contribution in [0.25, 0.3) is 0 Å². The van der Waals surface area contributed by atoms with E-state index in [9.17, 15) is 9.59 Å². The summed E-state index contributed by atoms with van der Waals surface area (Å²) in [6, 6.07) is -0.781. The van der Waals surface area contributed by atoms with Crippen LogP contribution in [0.15, 0.2) is 0 Å². The average molecular weight is 215 g/mol. The molecule has 0 unspecified atom stereocenters. The molecular weight excluding hydrogens is 194 g/mol. The zero-order chi connectivity index (χ0) is 12.2. The molecule has 0 saturated carbocycles. The van der Waals surface area contributed by atoms with E-state index >= 15 is 0 Å². The highest BCUT2D eigenvalue weighted by Gasteiger charge is 2.27. The smallest absolute Gasteiger partial charge is 0.326 e. The first-order valence-electron chi connectivity index (χ1n) is 5.18. The molecule has 0 rings (SSSR count). The summed E-state index contributed by atoms with van der Waals surface area (Å²) in [6.45, 7) is 9.14. The van der Waals surface area contributed by atoms with Crippen LogP contribution in [0.2, 0.25) is 0 Å². The highest BCUT2D eigenvalue weighted by atomic mass is 16.4. The maximum Gasteiger partial charge on any atom is 0.326 e. The summed E-state index contributed by atoms with van der Waals surface area (Å²) in [4.78, 5) is 22.5. The van der Waals surface area contributed by atoms with Crippen molar-refractivity contribution in [3.05, 3.63) is 0 Å². The highest BCUT2D eigenvalue weighted by molar-refractivity contribution is 5.86. The van der Waals surface area contributed by atoms with Gasteiger partial charge in [0.15, 0.2) is 0 Å². The Morgan fingerprint density at radius 1 is 1.27 bits per heavy atom. The Hall–Kier alpha value is -1.06. The van der Waals surface area contributed by atoms with Crippen LogP contribution < -0.4 is 5.32 Å². The van der Waals surface area contributed by atoms with Gasteiger partial charge < -0.3 is 10.4 Å². The fourth-order valence-corrected chi connectivity index (χ4v) is 1.07. The van der Waals surface area contributed by atoms with Crippen LogP contribution in [0.5, 0.6) is 0 Å². The first-order chi connectivity index (χ1) is 6.64. The normalized spacial score (nSPS) is 13.7. The Balaban J connectivity index is 4.43. The SMILES string of the molecule is CC(C)C[C@H](NC(=O)C(C)(C)C)C(=O)O. The minimum absolute atomic E-state index is 0.226. The lowest BCUT2D eigenvalue weighted by atomic mass is 9.94. The van der Waals surface area contributed by atoms with E-state index in [2.05, 4.69) is 5.32 Å². The predicted molar refractivity (Wildman–Crippen MR) is 58.5 cm³/mol. The third-order valence-corrected chi connectivity index (χ3v) is 1.99. The second-order valence-corrected chi connectivity index (χ2v) is 5.24. The topological polar surface area (TPSA) is 66.4 Å². The van der Waals surface area contributed by atoms with Gasteiger partial charge in [0.2, 0.25) is 5.91 Å². The number of carboxylic acids is 1. The molecule has 4 nitrogen and oxygen atoms in total. The number of rotatable bonds is 4. The van der Waals surface area contributed by atoms with Crippen LogP contribution in [0, 0.1) is 11.3 Å². The van der Waals surface area contributed by atoms with Gasteiger partial charge in [-0.05, 0) is 12.3 Å². The van der Waals surface area contributed by atoms with Gasteiger partial charge in [0.25, 0.3) is 0 Å². The van der Waals surface area contributed by atoms with E-state index in [1.54, 1.807) is 20.8 Å². The Bertz CT molecular complexity index is 241. The van der Waals surface area contributed by atoms with E-state index in [1.807, 2.05) is 13.8 Å². The number of carbonyl (C=O) groups excluding carboxylic acids is 1. The van der Waals surface area contributed by atoms with Gasteiger partial charge in [-0.1, -0.05) is 34.6 Å². The lowest BCUT2D eigenvalue weighted by Crippen LogP contribution is -2.46. The molecule has 0 aliphatic heterocycles. The molecule has 0 bridgehead atoms. The number of hydrogen-bond donors (Lipinski definition) is 2. The number of hydrogen-bond acceptors (Lipinski definition) is 2. The van der Waals surface area contributed by atoms with Crippen molar-refractivity contribution in [1.82, 2.24) is 5.32 Å². The molecule has 0 saturated heterocycles. The molecule has 0 fully saturated rings. The number of nitrogens with one attached hydrogen (secondary N) is 1. The maximum atomic E-state index is 11.6. The van der Waals surface area contributed by atoms with Gasteiger partial charge in [-0.3, -0.25) is 4.79 Å². The van der Waals surface area contributed by atoms with Crippen molar-refractivity contribution in [2.45, 2.75) is 47.1 Å². The summed E-state index contributed by atoms with van der Waals surface area (Å²) in [7, 11) is 0. The lowest BCUT2D eigenvalue weighted by molar-refractivity contribution is -0.143. The molecule has 0 aromatic carbocycles. The summed E-state index contributed by atoms with van der Waals surface area (Å²) in [6.07, 6.45) is 0.456. The molecule has 1 amide bonds. The zero-order valence-corrected chi connectivity index (χ0v) is 10.1. The van der Waals surface area contributed by atoms with Gasteiger partial charge in [-0.15, -0.1) is 0 Å². The standard InChI is InChI=1S/C11H21NO3/c1-7(2)6-8(9(13)14)12-10(15)11(3,4)5/h7-8H,6H2,1-5H3,(H,12,15)(H,13,14)/t8-/m0/s1. The molecule has 88 valence electrons. The van der Waals surface area contributed by atoms with E-state index in [0.29, 0.717) is 6.42 Å². The second-order valence-electron chi connectivity index (χ2n) is 5.24. The minimum Gasteiger partial charge on any atom is -0.480 e. The summed E-state index contributed by atoms with van der Waals surface area (Å²) >= 11 is 0. The van der Waals surface area contributed by atoms with Crippen molar-refractivity contribution >= 4 is 11.9 Å². The lowest BCUT2D eigenvalue weighted by Gasteiger charge is -2.22. The first kappa shape index (κ1) is 13.9. The molecule has 15 heavy (non-hydrogen) atoms. The van der Waals surface area contributed by atoms with Crippen molar-refractivity contribution in [1.29, 1.82) is 0 Å². The largest absolute Gasteiger partial charge is 0.480 e. The van der Waals surface area contributed by atoms with E-state index in [0.717, 1.165) is 0 Å². The van der Waals surface area contributed by atoms with Gasteiger partial charge in [0.1, 0.15) is 6.04 Å². The molecule has 0 spiro atoms. The molecule has 0 aromatic heterocycles. The molecule has 0 aromatic rings. The zero-order valence-electron chi connectivity index (χ0n) is 10.1. The molecule has 0 heterocycles. The molecule has 1 atom stereocenters. The summed E-state index contributed by atoms with van der Waals surface area (Å²) in [5.41, 5.74) is -0.551. The molecule has 0 radical (unpaired) electrons. The Morgan fingerprint density at radius 3 is 2.00 bits per heavy atom. The summed E-state index contributed by atoms with van der Waals surface area (Å²) in [5, 5.41) is 11.5. The molecular formula is C11H21NO3. The van der Waals surface area contributed by atoms with Gasteiger partial charge in [-0.25, -0.2) is 4.79 Å². The van der Waals surface area contributed by atoms with Gasteiger partial charge in [-0.2, -0.15) is 0 Å². The van der Waals surface area contributed by atoms with Crippen LogP contribution >= 0.6 is 0 Å². The molecule has 4 heteroatoms. The highest BCUT2D eigenvalue weighted by Crippen LogP contribution is 2.14. The van der Waals surface area contributed by atoms with Crippen LogP contribution in [-0.4, -0.2) is 23.0 Å². The third kappa shape index (κ3) is 5.40. The van der Waals surface area contributed by atoms with E-state index in [4.69, 9.17) is 5.11 Å². The van der Waals surface area contributed by atoms with Gasteiger partial charge in [0.05, 0.1) is 0 Å². The first-order valence-corrected chi connectivity index (χ1v) is 5.18. The monoisotopic (exact) mass is 215 g/mol. The minimum atomic E-state index is -0.971. The number of aliphatic carboxylic acids is 1.